The molecule has 0 spiro atoms. The Bertz CT molecular complexity index is 287. The fraction of sp³-hybridized carbons (Fsp3) is 0.778. The van der Waals surface area contributed by atoms with Crippen molar-refractivity contribution < 1.29 is 0 Å². The Morgan fingerprint density at radius 1 is 1.50 bits per heavy atom. The van der Waals surface area contributed by atoms with Crippen LogP contribution in [0.4, 0.5) is 0 Å². The summed E-state index contributed by atoms with van der Waals surface area (Å²) >= 11 is 1.84. The number of aromatic nitrogens is 3. The molecule has 1 aromatic rings. The molecule has 0 aliphatic heterocycles. The zero-order chi connectivity index (χ0) is 10.8. The third-order valence-corrected chi connectivity index (χ3v) is 2.88. The van der Waals surface area contributed by atoms with Crippen LogP contribution in [0.15, 0.2) is 0 Å². The average molecular weight is 214 g/mol. The first-order valence-electron chi connectivity index (χ1n) is 4.69. The van der Waals surface area contributed by atoms with Gasteiger partial charge in [0.05, 0.1) is 11.8 Å². The number of H-pyrrole nitrogens is 1. The Kier molecular flexibility index (Phi) is 3.55. The summed E-state index contributed by atoms with van der Waals surface area (Å²) in [6, 6.07) is -0.0976. The highest BCUT2D eigenvalue weighted by Gasteiger charge is 2.13. The molecule has 0 radical (unpaired) electrons. The molecule has 0 saturated carbocycles. The lowest BCUT2D eigenvalue weighted by Gasteiger charge is -2.15. The van der Waals surface area contributed by atoms with Crippen LogP contribution in [0.1, 0.15) is 45.4 Å². The van der Waals surface area contributed by atoms with E-state index in [0.29, 0.717) is 5.82 Å². The van der Waals surface area contributed by atoms with E-state index in [1.807, 2.05) is 18.7 Å². The minimum atomic E-state index is -0.0976. The Morgan fingerprint density at radius 3 is 2.57 bits per heavy atom. The van der Waals surface area contributed by atoms with Gasteiger partial charge in [0.25, 0.3) is 0 Å². The summed E-state index contributed by atoms with van der Waals surface area (Å²) in [4.78, 5) is 4.30. The number of hydrogen-bond acceptors (Lipinski definition) is 4. The second kappa shape index (κ2) is 4.31. The van der Waals surface area contributed by atoms with Crippen molar-refractivity contribution in [2.75, 3.05) is 0 Å². The van der Waals surface area contributed by atoms with Gasteiger partial charge in [0.1, 0.15) is 5.82 Å². The molecule has 80 valence electrons. The summed E-state index contributed by atoms with van der Waals surface area (Å²) in [5.41, 5.74) is 5.66. The van der Waals surface area contributed by atoms with Crippen molar-refractivity contribution in [1.29, 1.82) is 0 Å². The van der Waals surface area contributed by atoms with Gasteiger partial charge in [-0.25, -0.2) is 4.98 Å². The van der Waals surface area contributed by atoms with Gasteiger partial charge in [-0.1, -0.05) is 20.8 Å². The Labute approximate surface area is 89.1 Å². The van der Waals surface area contributed by atoms with E-state index < -0.39 is 0 Å². The molecule has 0 bridgehead atoms. The lowest BCUT2D eigenvalue weighted by Crippen LogP contribution is -2.08. The molecule has 5 heteroatoms. The first-order valence-corrected chi connectivity index (χ1v) is 5.68. The fourth-order valence-corrected chi connectivity index (χ4v) is 1.56. The van der Waals surface area contributed by atoms with Gasteiger partial charge in [-0.05, 0) is 6.92 Å². The van der Waals surface area contributed by atoms with Crippen LogP contribution < -0.4 is 5.73 Å². The van der Waals surface area contributed by atoms with E-state index in [-0.39, 0.29) is 10.8 Å². The summed E-state index contributed by atoms with van der Waals surface area (Å²) < 4.78 is 0.251. The molecule has 1 unspecified atom stereocenters. The van der Waals surface area contributed by atoms with Crippen molar-refractivity contribution in [3.8, 4) is 0 Å². The molecule has 3 N–H and O–H groups in total. The van der Waals surface area contributed by atoms with E-state index in [1.165, 1.54) is 0 Å². The highest BCUT2D eigenvalue weighted by atomic mass is 32.2. The largest absolute Gasteiger partial charge is 0.321 e. The zero-order valence-corrected chi connectivity index (χ0v) is 9.98. The molecule has 1 aromatic heterocycles. The monoisotopic (exact) mass is 214 g/mol. The average Bonchev–Trinajstić information content (AvgIpc) is 2.47. The van der Waals surface area contributed by atoms with Gasteiger partial charge >= 0.3 is 0 Å². The molecular weight excluding hydrogens is 196 g/mol. The van der Waals surface area contributed by atoms with Gasteiger partial charge in [0, 0.05) is 4.75 Å². The molecule has 0 fully saturated rings. The minimum Gasteiger partial charge on any atom is -0.321 e. The molecule has 4 nitrogen and oxygen atoms in total. The predicted molar refractivity (Wildman–Crippen MR) is 60.0 cm³/mol. The maximum absolute atomic E-state index is 5.66. The zero-order valence-electron chi connectivity index (χ0n) is 9.16. The molecule has 1 rings (SSSR count). The van der Waals surface area contributed by atoms with E-state index in [4.69, 9.17) is 5.73 Å². The van der Waals surface area contributed by atoms with Gasteiger partial charge in [0.2, 0.25) is 0 Å². The third kappa shape index (κ3) is 3.67. The van der Waals surface area contributed by atoms with E-state index in [9.17, 15) is 0 Å². The van der Waals surface area contributed by atoms with Crippen LogP contribution in [-0.4, -0.2) is 19.9 Å². The molecule has 0 saturated heterocycles. The van der Waals surface area contributed by atoms with E-state index in [1.54, 1.807) is 0 Å². The fourth-order valence-electron chi connectivity index (χ4n) is 0.863. The normalized spacial score (nSPS) is 14.4. The second-order valence-electron chi connectivity index (χ2n) is 4.33. The van der Waals surface area contributed by atoms with Gasteiger partial charge in [-0.3, -0.25) is 5.10 Å². The quantitative estimate of drug-likeness (QED) is 0.806. The smallest absolute Gasteiger partial charge is 0.167 e. The Hall–Kier alpha value is -0.550. The number of nitrogens with two attached hydrogens (primary N) is 1. The number of rotatable bonds is 3. The highest BCUT2D eigenvalue weighted by molar-refractivity contribution is 7.99. The number of nitrogens with zero attached hydrogens (tertiary/aromatic N) is 2. The Balaban J connectivity index is 2.52. The predicted octanol–water partition coefficient (Wildman–Crippen LogP) is 1.86. The molecule has 1 atom stereocenters. The molecular formula is C9H18N4S. The highest BCUT2D eigenvalue weighted by Crippen LogP contribution is 2.25. The molecule has 0 aromatic carbocycles. The van der Waals surface area contributed by atoms with Gasteiger partial charge < -0.3 is 5.73 Å². The Morgan fingerprint density at radius 2 is 2.14 bits per heavy atom. The van der Waals surface area contributed by atoms with Gasteiger partial charge in [-0.2, -0.15) is 5.10 Å². The molecule has 0 aliphatic rings. The SMILES string of the molecule is CC(N)c1n[nH]c(CSC(C)(C)C)n1. The van der Waals surface area contributed by atoms with Gasteiger partial charge in [-0.15, -0.1) is 11.8 Å². The van der Waals surface area contributed by atoms with Crippen LogP contribution in [-0.2, 0) is 5.75 Å². The topological polar surface area (TPSA) is 67.6 Å². The first-order chi connectivity index (χ1) is 6.38. The van der Waals surface area contributed by atoms with Crippen LogP contribution >= 0.6 is 11.8 Å². The summed E-state index contributed by atoms with van der Waals surface area (Å²) in [6.45, 7) is 8.42. The molecule has 1 heterocycles. The minimum absolute atomic E-state index is 0.0976. The van der Waals surface area contributed by atoms with Crippen LogP contribution in [0.25, 0.3) is 0 Å². The standard InChI is InChI=1S/C9H18N4S/c1-6(10)8-11-7(12-13-8)5-14-9(2,3)4/h6H,5,10H2,1-4H3,(H,11,12,13). The van der Waals surface area contributed by atoms with E-state index in [0.717, 1.165) is 11.6 Å². The first kappa shape index (κ1) is 11.5. The van der Waals surface area contributed by atoms with Crippen molar-refractivity contribution in [3.05, 3.63) is 11.6 Å². The number of nitrogens with one attached hydrogen (secondary N) is 1. The van der Waals surface area contributed by atoms with Crippen molar-refractivity contribution in [2.45, 2.75) is 44.2 Å². The summed E-state index contributed by atoms with van der Waals surface area (Å²) in [5, 5.41) is 6.94. The van der Waals surface area contributed by atoms with Crippen molar-refractivity contribution in [2.24, 2.45) is 5.73 Å². The molecule has 14 heavy (non-hydrogen) atoms. The number of thioether (sulfide) groups is 1. The lowest BCUT2D eigenvalue weighted by atomic mass is 10.3. The number of aromatic amines is 1. The number of hydrogen-bond donors (Lipinski definition) is 2. The van der Waals surface area contributed by atoms with Crippen molar-refractivity contribution in [1.82, 2.24) is 15.2 Å². The summed E-state index contributed by atoms with van der Waals surface area (Å²) in [6.07, 6.45) is 0. The van der Waals surface area contributed by atoms with Crippen LogP contribution in [0.2, 0.25) is 0 Å². The van der Waals surface area contributed by atoms with Gasteiger partial charge in [0.15, 0.2) is 5.82 Å². The van der Waals surface area contributed by atoms with Crippen LogP contribution in [0, 0.1) is 0 Å². The summed E-state index contributed by atoms with van der Waals surface area (Å²) in [7, 11) is 0. The second-order valence-corrected chi connectivity index (χ2v) is 6.13. The lowest BCUT2D eigenvalue weighted by molar-refractivity contribution is 0.744. The van der Waals surface area contributed by atoms with Crippen LogP contribution in [0.5, 0.6) is 0 Å². The maximum atomic E-state index is 5.66. The van der Waals surface area contributed by atoms with Crippen molar-refractivity contribution in [3.63, 3.8) is 0 Å². The maximum Gasteiger partial charge on any atom is 0.167 e. The van der Waals surface area contributed by atoms with E-state index in [2.05, 4.69) is 36.0 Å². The molecule has 0 amide bonds. The van der Waals surface area contributed by atoms with E-state index >= 15 is 0 Å². The van der Waals surface area contributed by atoms with Crippen molar-refractivity contribution >= 4 is 11.8 Å². The molecule has 0 aliphatic carbocycles. The van der Waals surface area contributed by atoms with Crippen LogP contribution in [0.3, 0.4) is 0 Å². The summed E-state index contributed by atoms with van der Waals surface area (Å²) in [5.74, 6) is 2.44. The third-order valence-electron chi connectivity index (χ3n) is 1.60.